The van der Waals surface area contributed by atoms with Crippen molar-refractivity contribution in [1.29, 1.82) is 0 Å². The number of ether oxygens (including phenoxy) is 3. The van der Waals surface area contributed by atoms with Gasteiger partial charge in [0, 0.05) is 22.6 Å². The standard InChI is InChI=1S/C24H24N4O4S/c1-5-32-18-9-6-16(7-10-18)19-14-33-24(25-19)28-22(12-15(2)27-28)26-23(29)17-8-11-20(30-3)21(13-17)31-4/h6-14H,5H2,1-4H3,(H,26,29). The molecular weight excluding hydrogens is 440 g/mol. The zero-order valence-corrected chi connectivity index (χ0v) is 19.6. The quantitative estimate of drug-likeness (QED) is 0.396. The molecule has 33 heavy (non-hydrogen) atoms. The van der Waals surface area contributed by atoms with Crippen molar-refractivity contribution >= 4 is 23.1 Å². The molecule has 0 unspecified atom stereocenters. The Morgan fingerprint density at radius 1 is 1.06 bits per heavy atom. The topological polar surface area (TPSA) is 87.5 Å². The second kappa shape index (κ2) is 9.74. The number of thiazole rings is 1. The van der Waals surface area contributed by atoms with Crippen LogP contribution in [0.15, 0.2) is 53.9 Å². The molecule has 1 amide bonds. The van der Waals surface area contributed by atoms with E-state index in [-0.39, 0.29) is 5.91 Å². The number of hydrogen-bond donors (Lipinski definition) is 1. The van der Waals surface area contributed by atoms with Gasteiger partial charge in [-0.05, 0) is 56.3 Å². The number of nitrogens with one attached hydrogen (secondary N) is 1. The lowest BCUT2D eigenvalue weighted by Gasteiger charge is -2.10. The van der Waals surface area contributed by atoms with Crippen LogP contribution in [0.5, 0.6) is 17.2 Å². The second-order valence-corrected chi connectivity index (χ2v) is 7.92. The molecule has 2 aromatic carbocycles. The Hall–Kier alpha value is -3.85. The Labute approximate surface area is 195 Å². The summed E-state index contributed by atoms with van der Waals surface area (Å²) in [6.45, 7) is 4.44. The SMILES string of the molecule is CCOc1ccc(-c2csc(-n3nc(C)cc3NC(=O)c3ccc(OC)c(OC)c3)n2)cc1. The summed E-state index contributed by atoms with van der Waals surface area (Å²) in [4.78, 5) is 17.6. The summed E-state index contributed by atoms with van der Waals surface area (Å²) in [5, 5.41) is 10.0. The van der Waals surface area contributed by atoms with E-state index in [1.807, 2.05) is 43.5 Å². The molecule has 170 valence electrons. The van der Waals surface area contributed by atoms with Gasteiger partial charge in [-0.25, -0.2) is 4.98 Å². The molecule has 0 bridgehead atoms. The third-order valence-electron chi connectivity index (χ3n) is 4.85. The zero-order chi connectivity index (χ0) is 23.4. The highest BCUT2D eigenvalue weighted by molar-refractivity contribution is 7.12. The van der Waals surface area contributed by atoms with Crippen LogP contribution in [-0.4, -0.2) is 41.5 Å². The predicted molar refractivity (Wildman–Crippen MR) is 128 cm³/mol. The van der Waals surface area contributed by atoms with E-state index in [4.69, 9.17) is 19.2 Å². The van der Waals surface area contributed by atoms with E-state index < -0.39 is 0 Å². The van der Waals surface area contributed by atoms with Gasteiger partial charge in [0.2, 0.25) is 5.13 Å². The molecule has 0 aliphatic rings. The maximum Gasteiger partial charge on any atom is 0.256 e. The molecule has 0 atom stereocenters. The number of amides is 1. The Balaban J connectivity index is 1.58. The number of benzene rings is 2. The average Bonchev–Trinajstić information content (AvgIpc) is 3.46. The first-order valence-corrected chi connectivity index (χ1v) is 11.2. The van der Waals surface area contributed by atoms with Crippen molar-refractivity contribution in [3.05, 3.63) is 65.2 Å². The van der Waals surface area contributed by atoms with Crippen LogP contribution in [0.1, 0.15) is 23.0 Å². The van der Waals surface area contributed by atoms with Crippen molar-refractivity contribution in [1.82, 2.24) is 14.8 Å². The van der Waals surface area contributed by atoms with Gasteiger partial charge in [0.05, 0.1) is 32.2 Å². The van der Waals surface area contributed by atoms with E-state index >= 15 is 0 Å². The molecule has 4 rings (SSSR count). The molecule has 8 nitrogen and oxygen atoms in total. The van der Waals surface area contributed by atoms with Crippen LogP contribution in [0.2, 0.25) is 0 Å². The Kier molecular flexibility index (Phi) is 6.60. The van der Waals surface area contributed by atoms with Gasteiger partial charge in [0.15, 0.2) is 11.5 Å². The van der Waals surface area contributed by atoms with Gasteiger partial charge in [0.25, 0.3) is 5.91 Å². The summed E-state index contributed by atoms with van der Waals surface area (Å²) in [6.07, 6.45) is 0. The number of methoxy groups -OCH3 is 2. The largest absolute Gasteiger partial charge is 0.494 e. The van der Waals surface area contributed by atoms with E-state index in [0.29, 0.717) is 34.6 Å². The molecule has 0 aliphatic carbocycles. The lowest BCUT2D eigenvalue weighted by molar-refractivity contribution is 0.102. The number of nitrogens with zero attached hydrogens (tertiary/aromatic N) is 3. The lowest BCUT2D eigenvalue weighted by atomic mass is 10.2. The normalized spacial score (nSPS) is 10.7. The van der Waals surface area contributed by atoms with E-state index in [1.54, 1.807) is 36.1 Å². The summed E-state index contributed by atoms with van der Waals surface area (Å²) < 4.78 is 17.7. The van der Waals surface area contributed by atoms with E-state index in [0.717, 1.165) is 22.7 Å². The minimum atomic E-state index is -0.291. The fourth-order valence-electron chi connectivity index (χ4n) is 3.28. The van der Waals surface area contributed by atoms with E-state index in [2.05, 4.69) is 10.4 Å². The first-order valence-electron chi connectivity index (χ1n) is 10.3. The number of aryl methyl sites for hydroxylation is 1. The number of anilines is 1. The molecule has 0 saturated carbocycles. The summed E-state index contributed by atoms with van der Waals surface area (Å²) in [5.74, 6) is 2.09. The molecule has 0 fully saturated rings. The average molecular weight is 465 g/mol. The number of carbonyl (C=O) groups is 1. The Bertz CT molecular complexity index is 1260. The summed E-state index contributed by atoms with van der Waals surface area (Å²) >= 11 is 1.44. The maximum atomic E-state index is 12.9. The molecule has 9 heteroatoms. The predicted octanol–water partition coefficient (Wildman–Crippen LogP) is 4.97. The molecule has 0 saturated heterocycles. The fourth-order valence-corrected chi connectivity index (χ4v) is 4.08. The molecule has 4 aromatic rings. The minimum absolute atomic E-state index is 0.291. The van der Waals surface area contributed by atoms with Gasteiger partial charge in [-0.15, -0.1) is 11.3 Å². The maximum absolute atomic E-state index is 12.9. The van der Waals surface area contributed by atoms with Crippen molar-refractivity contribution < 1.29 is 19.0 Å². The smallest absolute Gasteiger partial charge is 0.256 e. The monoisotopic (exact) mass is 464 g/mol. The molecule has 2 aromatic heterocycles. The summed E-state index contributed by atoms with van der Waals surface area (Å²) in [6, 6.07) is 14.6. The van der Waals surface area contributed by atoms with Gasteiger partial charge in [-0.1, -0.05) is 0 Å². The molecule has 2 heterocycles. The third kappa shape index (κ3) is 4.83. The highest BCUT2D eigenvalue weighted by Crippen LogP contribution is 2.30. The Morgan fingerprint density at radius 3 is 2.52 bits per heavy atom. The van der Waals surface area contributed by atoms with E-state index in [1.165, 1.54) is 18.4 Å². The van der Waals surface area contributed by atoms with E-state index in [9.17, 15) is 4.79 Å². The highest BCUT2D eigenvalue weighted by Gasteiger charge is 2.17. The number of aromatic nitrogens is 3. The van der Waals surface area contributed by atoms with Gasteiger partial charge in [0.1, 0.15) is 11.6 Å². The third-order valence-corrected chi connectivity index (χ3v) is 5.67. The number of hydrogen-bond acceptors (Lipinski definition) is 7. The van der Waals surface area contributed by atoms with Crippen molar-refractivity contribution in [2.45, 2.75) is 13.8 Å². The zero-order valence-electron chi connectivity index (χ0n) is 18.8. The van der Waals surface area contributed by atoms with Crippen molar-refractivity contribution in [2.24, 2.45) is 0 Å². The van der Waals surface area contributed by atoms with Crippen LogP contribution >= 0.6 is 11.3 Å². The van der Waals surface area contributed by atoms with Gasteiger partial charge in [-0.3, -0.25) is 4.79 Å². The molecule has 0 aliphatic heterocycles. The first kappa shape index (κ1) is 22.3. The van der Waals surface area contributed by atoms with Crippen LogP contribution in [0.4, 0.5) is 5.82 Å². The van der Waals surface area contributed by atoms with Crippen LogP contribution in [0, 0.1) is 6.92 Å². The highest BCUT2D eigenvalue weighted by atomic mass is 32.1. The lowest BCUT2D eigenvalue weighted by Crippen LogP contribution is -2.15. The van der Waals surface area contributed by atoms with Crippen molar-refractivity contribution in [3.63, 3.8) is 0 Å². The number of rotatable bonds is 8. The van der Waals surface area contributed by atoms with Crippen LogP contribution in [0.3, 0.4) is 0 Å². The summed E-state index contributed by atoms with van der Waals surface area (Å²) in [5.41, 5.74) is 2.99. The summed E-state index contributed by atoms with van der Waals surface area (Å²) in [7, 11) is 3.08. The molecular formula is C24H24N4O4S. The molecule has 1 N–H and O–H groups in total. The van der Waals surface area contributed by atoms with Gasteiger partial charge in [-0.2, -0.15) is 9.78 Å². The second-order valence-electron chi connectivity index (χ2n) is 7.08. The minimum Gasteiger partial charge on any atom is -0.494 e. The van der Waals surface area contributed by atoms with Crippen LogP contribution in [-0.2, 0) is 0 Å². The Morgan fingerprint density at radius 2 is 1.82 bits per heavy atom. The first-order chi connectivity index (χ1) is 16.0. The van der Waals surface area contributed by atoms with Crippen LogP contribution in [0.25, 0.3) is 16.4 Å². The van der Waals surface area contributed by atoms with Crippen molar-refractivity contribution in [2.75, 3.05) is 26.1 Å². The van der Waals surface area contributed by atoms with Crippen molar-refractivity contribution in [3.8, 4) is 33.6 Å². The van der Waals surface area contributed by atoms with Crippen LogP contribution < -0.4 is 19.5 Å². The van der Waals surface area contributed by atoms with Gasteiger partial charge >= 0.3 is 0 Å². The molecule has 0 radical (unpaired) electrons. The van der Waals surface area contributed by atoms with Gasteiger partial charge < -0.3 is 19.5 Å². The molecule has 0 spiro atoms. The fraction of sp³-hybridized carbons (Fsp3) is 0.208. The number of carbonyl (C=O) groups excluding carboxylic acids is 1.